The Bertz CT molecular complexity index is 712. The number of amides is 1. The van der Waals surface area contributed by atoms with Gasteiger partial charge in [0.25, 0.3) is 11.6 Å². The number of rotatable bonds is 4. The van der Waals surface area contributed by atoms with Gasteiger partial charge in [0, 0.05) is 30.4 Å². The Labute approximate surface area is 127 Å². The van der Waals surface area contributed by atoms with Crippen LogP contribution in [-0.2, 0) is 0 Å². The molecule has 0 spiro atoms. The fourth-order valence-corrected chi connectivity index (χ4v) is 2.30. The molecular weight excluding hydrogens is 282 g/mol. The van der Waals surface area contributed by atoms with Crippen LogP contribution in [0.2, 0.25) is 0 Å². The average Bonchev–Trinajstić information content (AvgIpc) is 2.46. The van der Waals surface area contributed by atoms with Crippen molar-refractivity contribution in [1.82, 2.24) is 4.90 Å². The minimum atomic E-state index is -0.474. The van der Waals surface area contributed by atoms with Gasteiger partial charge in [-0.3, -0.25) is 14.9 Å². The first-order valence-electron chi connectivity index (χ1n) is 7.05. The van der Waals surface area contributed by atoms with E-state index in [1.807, 2.05) is 30.3 Å². The highest BCUT2D eigenvalue weighted by Gasteiger charge is 2.24. The maximum absolute atomic E-state index is 12.2. The zero-order valence-electron chi connectivity index (χ0n) is 11.9. The Morgan fingerprint density at radius 3 is 2.45 bits per heavy atom. The Morgan fingerprint density at radius 2 is 1.86 bits per heavy atom. The number of carbonyl (C=O) groups excluding carboxylic acids is 1. The smallest absolute Gasteiger partial charge is 0.293 e. The maximum atomic E-state index is 12.2. The molecule has 0 aliphatic carbocycles. The molecule has 0 unspecified atom stereocenters. The van der Waals surface area contributed by atoms with Crippen LogP contribution < -0.4 is 5.32 Å². The van der Waals surface area contributed by atoms with Crippen molar-refractivity contribution in [3.05, 3.63) is 64.2 Å². The van der Waals surface area contributed by atoms with Crippen LogP contribution >= 0.6 is 0 Å². The summed E-state index contributed by atoms with van der Waals surface area (Å²) in [6.45, 7) is 1.44. The Balaban J connectivity index is 1.90. The molecule has 22 heavy (non-hydrogen) atoms. The number of nitrogens with one attached hydrogen (secondary N) is 1. The number of hydrogen-bond donors (Lipinski definition) is 1. The number of para-hydroxylation sites is 1. The summed E-state index contributed by atoms with van der Waals surface area (Å²) < 4.78 is 0. The van der Waals surface area contributed by atoms with Crippen LogP contribution in [0.5, 0.6) is 0 Å². The van der Waals surface area contributed by atoms with Gasteiger partial charge in [-0.25, -0.2) is 0 Å². The predicted octanol–water partition coefficient (Wildman–Crippen LogP) is 3.18. The zero-order chi connectivity index (χ0) is 15.5. The highest BCUT2D eigenvalue weighted by atomic mass is 16.6. The number of nitrogens with zero attached hydrogens (tertiary/aromatic N) is 2. The van der Waals surface area contributed by atoms with Crippen LogP contribution in [0.15, 0.2) is 48.5 Å². The number of nitro benzene ring substituents is 1. The van der Waals surface area contributed by atoms with Gasteiger partial charge < -0.3 is 10.2 Å². The first-order valence-corrected chi connectivity index (χ1v) is 7.05. The SMILES string of the molecule is O=C(c1ccc(Nc2ccccc2)c([N+](=O)[O-])c1)N1CCC1. The standard InChI is InChI=1S/C16H15N3O3/c20-16(18-9-4-10-18)12-7-8-14(15(11-12)19(21)22)17-13-5-2-1-3-6-13/h1-3,5-8,11,17H,4,9-10H2. The van der Waals surface area contributed by atoms with Crippen molar-refractivity contribution in [3.63, 3.8) is 0 Å². The minimum Gasteiger partial charge on any atom is -0.350 e. The molecule has 0 bridgehead atoms. The summed E-state index contributed by atoms with van der Waals surface area (Å²) in [4.78, 5) is 24.6. The number of likely N-dealkylation sites (tertiary alicyclic amines) is 1. The van der Waals surface area contributed by atoms with Crippen LogP contribution in [0.1, 0.15) is 16.8 Å². The van der Waals surface area contributed by atoms with E-state index >= 15 is 0 Å². The molecule has 2 aromatic rings. The summed E-state index contributed by atoms with van der Waals surface area (Å²) in [6, 6.07) is 13.7. The average molecular weight is 297 g/mol. The first kappa shape index (κ1) is 14.1. The molecule has 0 saturated carbocycles. The normalized spacial score (nSPS) is 13.4. The van der Waals surface area contributed by atoms with E-state index in [2.05, 4.69) is 5.32 Å². The lowest BCUT2D eigenvalue weighted by Gasteiger charge is -2.30. The van der Waals surface area contributed by atoms with Crippen molar-refractivity contribution in [3.8, 4) is 0 Å². The van der Waals surface area contributed by atoms with Gasteiger partial charge in [-0.15, -0.1) is 0 Å². The molecule has 1 amide bonds. The third-order valence-corrected chi connectivity index (χ3v) is 3.64. The summed E-state index contributed by atoms with van der Waals surface area (Å²) in [7, 11) is 0. The second-order valence-electron chi connectivity index (χ2n) is 5.13. The van der Waals surface area contributed by atoms with E-state index in [0.717, 1.165) is 25.2 Å². The van der Waals surface area contributed by atoms with Gasteiger partial charge in [-0.2, -0.15) is 0 Å². The lowest BCUT2D eigenvalue weighted by atomic mass is 10.1. The summed E-state index contributed by atoms with van der Waals surface area (Å²) in [6.07, 6.45) is 0.988. The molecule has 2 aromatic carbocycles. The molecule has 112 valence electrons. The Hall–Kier alpha value is -2.89. The molecule has 6 heteroatoms. The van der Waals surface area contributed by atoms with E-state index in [-0.39, 0.29) is 11.6 Å². The lowest BCUT2D eigenvalue weighted by Crippen LogP contribution is -2.42. The second kappa shape index (κ2) is 5.85. The predicted molar refractivity (Wildman–Crippen MR) is 83.3 cm³/mol. The quantitative estimate of drug-likeness (QED) is 0.694. The van der Waals surface area contributed by atoms with Gasteiger partial charge in [-0.1, -0.05) is 18.2 Å². The molecule has 1 aliphatic rings. The topological polar surface area (TPSA) is 75.5 Å². The number of anilines is 2. The van der Waals surface area contributed by atoms with Crippen LogP contribution in [0.4, 0.5) is 17.1 Å². The number of benzene rings is 2. The van der Waals surface area contributed by atoms with Crippen molar-refractivity contribution >= 4 is 23.0 Å². The number of carbonyl (C=O) groups is 1. The van der Waals surface area contributed by atoms with E-state index < -0.39 is 4.92 Å². The summed E-state index contributed by atoms with van der Waals surface area (Å²) in [5.74, 6) is -0.152. The highest BCUT2D eigenvalue weighted by Crippen LogP contribution is 2.29. The second-order valence-corrected chi connectivity index (χ2v) is 5.13. The molecule has 0 atom stereocenters. The maximum Gasteiger partial charge on any atom is 0.293 e. The first-order chi connectivity index (χ1) is 10.6. The van der Waals surface area contributed by atoms with Crippen molar-refractivity contribution in [2.45, 2.75) is 6.42 Å². The van der Waals surface area contributed by atoms with Crippen LogP contribution in [0.3, 0.4) is 0 Å². The third kappa shape index (κ3) is 2.76. The number of nitro groups is 1. The van der Waals surface area contributed by atoms with Crippen molar-refractivity contribution in [2.24, 2.45) is 0 Å². The van der Waals surface area contributed by atoms with Gasteiger partial charge in [0.05, 0.1) is 4.92 Å². The van der Waals surface area contributed by atoms with Gasteiger partial charge in [0.1, 0.15) is 5.69 Å². The van der Waals surface area contributed by atoms with Crippen LogP contribution in [-0.4, -0.2) is 28.8 Å². The lowest BCUT2D eigenvalue weighted by molar-refractivity contribution is -0.383. The van der Waals surface area contributed by atoms with E-state index in [9.17, 15) is 14.9 Å². The molecule has 1 aliphatic heterocycles. The summed E-state index contributed by atoms with van der Waals surface area (Å²) in [5.41, 5.74) is 1.38. The molecule has 1 saturated heterocycles. The largest absolute Gasteiger partial charge is 0.350 e. The van der Waals surface area contributed by atoms with Crippen molar-refractivity contribution in [1.29, 1.82) is 0 Å². The van der Waals surface area contributed by atoms with Crippen LogP contribution in [0, 0.1) is 10.1 Å². The number of hydrogen-bond acceptors (Lipinski definition) is 4. The van der Waals surface area contributed by atoms with E-state index in [4.69, 9.17) is 0 Å². The van der Waals surface area contributed by atoms with E-state index in [1.165, 1.54) is 6.07 Å². The molecule has 6 nitrogen and oxygen atoms in total. The van der Waals surface area contributed by atoms with Gasteiger partial charge in [0.15, 0.2) is 0 Å². The zero-order valence-corrected chi connectivity index (χ0v) is 11.9. The fraction of sp³-hybridized carbons (Fsp3) is 0.188. The van der Waals surface area contributed by atoms with Crippen LogP contribution in [0.25, 0.3) is 0 Å². The van der Waals surface area contributed by atoms with Gasteiger partial charge >= 0.3 is 0 Å². The molecule has 0 radical (unpaired) electrons. The van der Waals surface area contributed by atoms with Gasteiger partial charge in [0.2, 0.25) is 0 Å². The molecule has 1 fully saturated rings. The molecule has 1 heterocycles. The summed E-state index contributed by atoms with van der Waals surface area (Å²) in [5, 5.41) is 14.3. The van der Waals surface area contributed by atoms with E-state index in [1.54, 1.807) is 17.0 Å². The molecule has 1 N–H and O–H groups in total. The third-order valence-electron chi connectivity index (χ3n) is 3.64. The fourth-order valence-electron chi connectivity index (χ4n) is 2.30. The van der Waals surface area contributed by atoms with Crippen molar-refractivity contribution < 1.29 is 9.72 Å². The van der Waals surface area contributed by atoms with Crippen molar-refractivity contribution in [2.75, 3.05) is 18.4 Å². The summed E-state index contributed by atoms with van der Waals surface area (Å²) >= 11 is 0. The Morgan fingerprint density at radius 1 is 1.14 bits per heavy atom. The molecule has 3 rings (SSSR count). The monoisotopic (exact) mass is 297 g/mol. The minimum absolute atomic E-state index is 0.102. The van der Waals surface area contributed by atoms with E-state index in [0.29, 0.717) is 11.3 Å². The highest BCUT2D eigenvalue weighted by molar-refractivity contribution is 5.96. The molecule has 0 aromatic heterocycles. The Kier molecular flexibility index (Phi) is 3.74. The molecular formula is C16H15N3O3. The van der Waals surface area contributed by atoms with Gasteiger partial charge in [-0.05, 0) is 30.7 Å².